The molecule has 0 bridgehead atoms. The molecule has 0 spiro atoms. The first kappa shape index (κ1) is 14.9. The fraction of sp³-hybridized carbons (Fsp3) is 0.400. The number of allylic oxidation sites excluding steroid dienone is 5. The Kier molecular flexibility index (Phi) is 3.72. The van der Waals surface area contributed by atoms with Crippen LogP contribution in [0.4, 0.5) is 0 Å². The Balaban J connectivity index is 1.62. The van der Waals surface area contributed by atoms with E-state index in [1.165, 1.54) is 0 Å². The summed E-state index contributed by atoms with van der Waals surface area (Å²) in [6, 6.07) is 10.4. The number of hydrogen-bond donors (Lipinski definition) is 2. The third-order valence-electron chi connectivity index (χ3n) is 5.56. The lowest BCUT2D eigenvalue weighted by Gasteiger charge is -2.36. The van der Waals surface area contributed by atoms with Gasteiger partial charge in [-0.15, -0.1) is 0 Å². The van der Waals surface area contributed by atoms with Crippen molar-refractivity contribution < 1.29 is 5.11 Å². The van der Waals surface area contributed by atoms with E-state index >= 15 is 0 Å². The molecule has 3 aliphatic rings. The summed E-state index contributed by atoms with van der Waals surface area (Å²) in [6.07, 6.45) is 11.0. The van der Waals surface area contributed by atoms with Gasteiger partial charge >= 0.3 is 0 Å². The molecule has 0 aromatic heterocycles. The summed E-state index contributed by atoms with van der Waals surface area (Å²) in [6.45, 7) is 2.67. The fourth-order valence-electron chi connectivity index (χ4n) is 4.09. The maximum Gasteiger partial charge on any atom is 0.124 e. The van der Waals surface area contributed by atoms with E-state index in [4.69, 9.17) is 5.73 Å². The second-order valence-electron chi connectivity index (χ2n) is 7.03. The Hall–Kier alpha value is -1.68. The summed E-state index contributed by atoms with van der Waals surface area (Å²) >= 11 is 0. The predicted molar refractivity (Wildman–Crippen MR) is 92.7 cm³/mol. The van der Waals surface area contributed by atoms with Crippen LogP contribution < -0.4 is 5.73 Å². The Morgan fingerprint density at radius 2 is 1.83 bits per heavy atom. The van der Waals surface area contributed by atoms with E-state index in [1.54, 1.807) is 0 Å². The van der Waals surface area contributed by atoms with Crippen molar-refractivity contribution in [3.8, 4) is 0 Å². The van der Waals surface area contributed by atoms with Crippen LogP contribution in [0.25, 0.3) is 0 Å². The molecular formula is C20H24N2O. The fourth-order valence-corrected chi connectivity index (χ4v) is 4.09. The zero-order valence-electron chi connectivity index (χ0n) is 13.3. The number of benzene rings is 1. The average Bonchev–Trinajstić information content (AvgIpc) is 3.10. The zero-order chi connectivity index (χ0) is 15.9. The monoisotopic (exact) mass is 308 g/mol. The molecule has 1 saturated carbocycles. The maximum atomic E-state index is 11.7. The number of nitrogens with two attached hydrogens (primary N) is 1. The van der Waals surface area contributed by atoms with Crippen LogP contribution in [0.3, 0.4) is 0 Å². The molecule has 1 heterocycles. The van der Waals surface area contributed by atoms with Crippen LogP contribution in [-0.4, -0.2) is 35.7 Å². The van der Waals surface area contributed by atoms with Crippen molar-refractivity contribution in [3.05, 3.63) is 71.8 Å². The molecule has 3 atom stereocenters. The van der Waals surface area contributed by atoms with Gasteiger partial charge in [0.15, 0.2) is 0 Å². The third kappa shape index (κ3) is 2.69. The summed E-state index contributed by atoms with van der Waals surface area (Å²) in [5, 5.41) is 11.7. The summed E-state index contributed by atoms with van der Waals surface area (Å²) in [4.78, 5) is 2.38. The molecule has 3 N–H and O–H groups in total. The molecule has 3 nitrogen and oxygen atoms in total. The van der Waals surface area contributed by atoms with Crippen molar-refractivity contribution in [2.75, 3.05) is 19.6 Å². The van der Waals surface area contributed by atoms with Crippen molar-refractivity contribution in [3.63, 3.8) is 0 Å². The minimum Gasteiger partial charge on any atom is -0.379 e. The van der Waals surface area contributed by atoms with Crippen LogP contribution in [0.1, 0.15) is 12.0 Å². The number of piperidine rings is 1. The van der Waals surface area contributed by atoms with Gasteiger partial charge in [0.25, 0.3) is 0 Å². The van der Waals surface area contributed by atoms with Crippen molar-refractivity contribution >= 4 is 0 Å². The zero-order valence-corrected chi connectivity index (χ0v) is 13.3. The van der Waals surface area contributed by atoms with Crippen LogP contribution in [0, 0.1) is 11.8 Å². The van der Waals surface area contributed by atoms with Crippen LogP contribution in [0.2, 0.25) is 0 Å². The SMILES string of the molecule is NC1C2CN(CC(O)(C3=CC=CC=CC3)c3ccccc3)CC12. The molecule has 3 heteroatoms. The largest absolute Gasteiger partial charge is 0.379 e. The molecule has 2 aliphatic carbocycles. The minimum absolute atomic E-state index is 0.388. The highest BCUT2D eigenvalue weighted by atomic mass is 16.3. The molecule has 1 saturated heterocycles. The molecule has 1 aromatic carbocycles. The normalized spacial score (nSPS) is 32.1. The van der Waals surface area contributed by atoms with E-state index in [0.29, 0.717) is 24.4 Å². The first-order valence-electron chi connectivity index (χ1n) is 8.47. The molecule has 0 amide bonds. The minimum atomic E-state index is -0.943. The van der Waals surface area contributed by atoms with Gasteiger partial charge in [0.2, 0.25) is 0 Å². The highest BCUT2D eigenvalue weighted by Crippen LogP contribution is 2.45. The molecular weight excluding hydrogens is 284 g/mol. The van der Waals surface area contributed by atoms with Crippen molar-refractivity contribution in [2.45, 2.75) is 18.1 Å². The number of fused-ring (bicyclic) bond motifs is 1. The summed E-state index contributed by atoms with van der Waals surface area (Å²) in [5.74, 6) is 1.27. The Morgan fingerprint density at radius 1 is 1.09 bits per heavy atom. The Labute approximate surface area is 137 Å². The van der Waals surface area contributed by atoms with Crippen LogP contribution in [-0.2, 0) is 5.60 Å². The van der Waals surface area contributed by atoms with E-state index in [0.717, 1.165) is 30.6 Å². The lowest BCUT2D eigenvalue weighted by molar-refractivity contribution is 0.0337. The van der Waals surface area contributed by atoms with Gasteiger partial charge in [0.05, 0.1) is 0 Å². The topological polar surface area (TPSA) is 49.5 Å². The smallest absolute Gasteiger partial charge is 0.124 e. The summed E-state index contributed by atoms with van der Waals surface area (Å²) in [7, 11) is 0. The van der Waals surface area contributed by atoms with Gasteiger partial charge in [-0.3, -0.25) is 4.90 Å². The predicted octanol–water partition coefficient (Wildman–Crippen LogP) is 2.21. The molecule has 3 unspecified atom stereocenters. The molecule has 1 aliphatic heterocycles. The third-order valence-corrected chi connectivity index (χ3v) is 5.56. The average molecular weight is 308 g/mol. The first-order valence-corrected chi connectivity index (χ1v) is 8.47. The summed E-state index contributed by atoms with van der Waals surface area (Å²) in [5.41, 5.74) is 7.14. The standard InChI is InChI=1S/C20H24N2O/c21-19-17-12-22(13-18(17)19)14-20(23,16-10-6-3-7-11-16)15-8-4-1-2-5-9-15/h1-8,10-11,17-19,23H,9,12-14,21H2. The highest BCUT2D eigenvalue weighted by Gasteiger charge is 2.54. The number of nitrogens with zero attached hydrogens (tertiary/aromatic N) is 1. The molecule has 4 rings (SSSR count). The van der Waals surface area contributed by atoms with Crippen LogP contribution >= 0.6 is 0 Å². The van der Waals surface area contributed by atoms with E-state index in [2.05, 4.69) is 17.1 Å². The van der Waals surface area contributed by atoms with E-state index in [1.807, 2.05) is 48.6 Å². The molecule has 120 valence electrons. The quantitative estimate of drug-likeness (QED) is 0.896. The number of rotatable bonds is 4. The van der Waals surface area contributed by atoms with E-state index in [9.17, 15) is 5.11 Å². The van der Waals surface area contributed by atoms with E-state index < -0.39 is 5.60 Å². The van der Waals surface area contributed by atoms with Crippen molar-refractivity contribution in [2.24, 2.45) is 17.6 Å². The second-order valence-corrected chi connectivity index (χ2v) is 7.03. The lowest BCUT2D eigenvalue weighted by Crippen LogP contribution is -2.43. The molecule has 1 aromatic rings. The lowest BCUT2D eigenvalue weighted by atomic mass is 9.83. The van der Waals surface area contributed by atoms with Crippen LogP contribution in [0.15, 0.2) is 66.3 Å². The van der Waals surface area contributed by atoms with Gasteiger partial charge in [-0.05, 0) is 29.4 Å². The summed E-state index contributed by atoms with van der Waals surface area (Å²) < 4.78 is 0. The number of β-amino-alcohol motifs (C(OH)–C–C–N with tert-alkyl or cyclic N) is 1. The van der Waals surface area contributed by atoms with Crippen molar-refractivity contribution in [1.82, 2.24) is 4.90 Å². The number of likely N-dealkylation sites (tertiary alicyclic amines) is 1. The van der Waals surface area contributed by atoms with E-state index in [-0.39, 0.29) is 0 Å². The molecule has 23 heavy (non-hydrogen) atoms. The van der Waals surface area contributed by atoms with Crippen molar-refractivity contribution in [1.29, 1.82) is 0 Å². The first-order chi connectivity index (χ1) is 11.2. The van der Waals surface area contributed by atoms with Gasteiger partial charge < -0.3 is 10.8 Å². The highest BCUT2D eigenvalue weighted by molar-refractivity contribution is 5.38. The van der Waals surface area contributed by atoms with Gasteiger partial charge in [0.1, 0.15) is 5.60 Å². The Morgan fingerprint density at radius 3 is 2.57 bits per heavy atom. The van der Waals surface area contributed by atoms with Gasteiger partial charge in [-0.2, -0.15) is 0 Å². The van der Waals surface area contributed by atoms with Gasteiger partial charge in [0, 0.05) is 25.7 Å². The second kappa shape index (κ2) is 5.75. The number of hydrogen-bond acceptors (Lipinski definition) is 3. The molecule has 2 fully saturated rings. The maximum absolute atomic E-state index is 11.7. The Bertz CT molecular complexity index is 651. The van der Waals surface area contributed by atoms with Crippen LogP contribution in [0.5, 0.6) is 0 Å². The number of aliphatic hydroxyl groups is 1. The molecule has 0 radical (unpaired) electrons. The van der Waals surface area contributed by atoms with Gasteiger partial charge in [-0.25, -0.2) is 0 Å². The van der Waals surface area contributed by atoms with Gasteiger partial charge in [-0.1, -0.05) is 60.7 Å².